The summed E-state index contributed by atoms with van der Waals surface area (Å²) in [5.74, 6) is 2.27. The molecular formula is C27H26N2O4. The SMILES string of the molecule is COc1ccc(-c2[nH]c3ccccc3c2CCC(=O)NCc2cccc3c2OCCO3)cc1. The largest absolute Gasteiger partial charge is 0.497 e. The van der Waals surface area contributed by atoms with Crippen LogP contribution in [-0.2, 0) is 17.8 Å². The van der Waals surface area contributed by atoms with E-state index in [9.17, 15) is 4.79 Å². The van der Waals surface area contributed by atoms with Crippen LogP contribution in [0.3, 0.4) is 0 Å². The zero-order chi connectivity index (χ0) is 22.6. The van der Waals surface area contributed by atoms with Crippen molar-refractivity contribution >= 4 is 16.8 Å². The molecule has 1 aliphatic rings. The monoisotopic (exact) mass is 442 g/mol. The average molecular weight is 443 g/mol. The summed E-state index contributed by atoms with van der Waals surface area (Å²) in [5, 5.41) is 4.17. The van der Waals surface area contributed by atoms with Crippen LogP contribution in [0.4, 0.5) is 0 Å². The van der Waals surface area contributed by atoms with E-state index in [2.05, 4.69) is 22.4 Å². The molecular weight excluding hydrogens is 416 g/mol. The second-order valence-electron chi connectivity index (χ2n) is 7.97. The number of carbonyl (C=O) groups is 1. The first-order valence-electron chi connectivity index (χ1n) is 11.1. The van der Waals surface area contributed by atoms with Gasteiger partial charge in [0.1, 0.15) is 19.0 Å². The van der Waals surface area contributed by atoms with Crippen LogP contribution in [0.5, 0.6) is 17.2 Å². The normalized spacial score (nSPS) is 12.5. The molecule has 3 aromatic carbocycles. The van der Waals surface area contributed by atoms with Gasteiger partial charge in [-0.2, -0.15) is 0 Å². The van der Waals surface area contributed by atoms with Crippen molar-refractivity contribution in [1.82, 2.24) is 10.3 Å². The fourth-order valence-electron chi connectivity index (χ4n) is 4.26. The molecule has 4 aromatic rings. The molecule has 6 heteroatoms. The number of hydrogen-bond donors (Lipinski definition) is 2. The van der Waals surface area contributed by atoms with Crippen molar-refractivity contribution in [2.45, 2.75) is 19.4 Å². The van der Waals surface area contributed by atoms with E-state index in [1.807, 2.05) is 54.6 Å². The lowest BCUT2D eigenvalue weighted by atomic mass is 10.0. The quantitative estimate of drug-likeness (QED) is 0.429. The van der Waals surface area contributed by atoms with Crippen LogP contribution in [0, 0.1) is 0 Å². The van der Waals surface area contributed by atoms with E-state index in [4.69, 9.17) is 14.2 Å². The van der Waals surface area contributed by atoms with E-state index >= 15 is 0 Å². The van der Waals surface area contributed by atoms with Crippen LogP contribution in [0.1, 0.15) is 17.5 Å². The topological polar surface area (TPSA) is 72.6 Å². The van der Waals surface area contributed by atoms with Gasteiger partial charge in [-0.3, -0.25) is 4.79 Å². The van der Waals surface area contributed by atoms with Gasteiger partial charge in [-0.15, -0.1) is 0 Å². The smallest absolute Gasteiger partial charge is 0.220 e. The van der Waals surface area contributed by atoms with Crippen molar-refractivity contribution in [3.8, 4) is 28.5 Å². The minimum Gasteiger partial charge on any atom is -0.497 e. The molecule has 0 aliphatic carbocycles. The first-order chi connectivity index (χ1) is 16.2. The van der Waals surface area contributed by atoms with Gasteiger partial charge in [0.25, 0.3) is 0 Å². The minimum absolute atomic E-state index is 0.00436. The number of fused-ring (bicyclic) bond motifs is 2. The van der Waals surface area contributed by atoms with Crippen LogP contribution >= 0.6 is 0 Å². The van der Waals surface area contributed by atoms with Crippen molar-refractivity contribution in [1.29, 1.82) is 0 Å². The van der Waals surface area contributed by atoms with Crippen LogP contribution in [0.15, 0.2) is 66.7 Å². The summed E-state index contributed by atoms with van der Waals surface area (Å²) in [6.45, 7) is 1.47. The molecule has 0 radical (unpaired) electrons. The first kappa shape index (κ1) is 20.9. The fourth-order valence-corrected chi connectivity index (χ4v) is 4.26. The van der Waals surface area contributed by atoms with Gasteiger partial charge in [0.05, 0.1) is 7.11 Å². The lowest BCUT2D eigenvalue weighted by molar-refractivity contribution is -0.121. The second-order valence-corrected chi connectivity index (χ2v) is 7.97. The van der Waals surface area contributed by atoms with Gasteiger partial charge >= 0.3 is 0 Å². The molecule has 33 heavy (non-hydrogen) atoms. The highest BCUT2D eigenvalue weighted by atomic mass is 16.6. The number of ether oxygens (including phenoxy) is 3. The van der Waals surface area contributed by atoms with Crippen LogP contribution < -0.4 is 19.5 Å². The third-order valence-corrected chi connectivity index (χ3v) is 5.92. The summed E-state index contributed by atoms with van der Waals surface area (Å²) in [5.41, 5.74) is 5.22. The number of benzene rings is 3. The van der Waals surface area contributed by atoms with Crippen molar-refractivity contribution in [2.24, 2.45) is 0 Å². The van der Waals surface area contributed by atoms with Crippen molar-refractivity contribution < 1.29 is 19.0 Å². The molecule has 0 unspecified atom stereocenters. The van der Waals surface area contributed by atoms with E-state index in [1.165, 1.54) is 0 Å². The summed E-state index contributed by atoms with van der Waals surface area (Å²) >= 11 is 0. The van der Waals surface area contributed by atoms with Crippen molar-refractivity contribution in [2.75, 3.05) is 20.3 Å². The molecule has 0 bridgehead atoms. The molecule has 2 N–H and O–H groups in total. The van der Waals surface area contributed by atoms with Gasteiger partial charge in [-0.1, -0.05) is 30.3 Å². The molecule has 0 fully saturated rings. The molecule has 2 heterocycles. The maximum Gasteiger partial charge on any atom is 0.220 e. The fraction of sp³-hybridized carbons (Fsp3) is 0.222. The van der Waals surface area contributed by atoms with Gasteiger partial charge < -0.3 is 24.5 Å². The van der Waals surface area contributed by atoms with E-state index in [1.54, 1.807) is 7.11 Å². The number of methoxy groups -OCH3 is 1. The highest BCUT2D eigenvalue weighted by Crippen LogP contribution is 2.34. The summed E-state index contributed by atoms with van der Waals surface area (Å²) in [4.78, 5) is 16.3. The van der Waals surface area contributed by atoms with Crippen molar-refractivity contribution in [3.05, 3.63) is 77.9 Å². The Hall–Kier alpha value is -3.93. The molecule has 0 saturated heterocycles. The number of amides is 1. The number of carbonyl (C=O) groups excluding carboxylic acids is 1. The number of para-hydroxylation sites is 2. The molecule has 1 amide bonds. The predicted octanol–water partition coefficient (Wildman–Crippen LogP) is 4.86. The maximum absolute atomic E-state index is 12.7. The third-order valence-electron chi connectivity index (χ3n) is 5.92. The van der Waals surface area contributed by atoms with Gasteiger partial charge in [-0.25, -0.2) is 0 Å². The van der Waals surface area contributed by atoms with Crippen molar-refractivity contribution in [3.63, 3.8) is 0 Å². The molecule has 6 nitrogen and oxygen atoms in total. The lowest BCUT2D eigenvalue weighted by Gasteiger charge is -2.21. The Morgan fingerprint density at radius 3 is 2.67 bits per heavy atom. The number of rotatable bonds is 7. The van der Waals surface area contributed by atoms with E-state index in [0.717, 1.165) is 50.5 Å². The van der Waals surface area contributed by atoms with Gasteiger partial charge in [0.15, 0.2) is 11.5 Å². The Labute approximate surface area is 192 Å². The number of aromatic amines is 1. The summed E-state index contributed by atoms with van der Waals surface area (Å²) in [7, 11) is 1.66. The predicted molar refractivity (Wildman–Crippen MR) is 128 cm³/mol. The Morgan fingerprint density at radius 2 is 1.82 bits per heavy atom. The second kappa shape index (κ2) is 9.28. The Balaban J connectivity index is 1.31. The molecule has 0 saturated carbocycles. The lowest BCUT2D eigenvalue weighted by Crippen LogP contribution is -2.24. The van der Waals surface area contributed by atoms with Crippen LogP contribution in [0.2, 0.25) is 0 Å². The van der Waals surface area contributed by atoms with Gasteiger partial charge in [0, 0.05) is 35.1 Å². The molecule has 168 valence electrons. The van der Waals surface area contributed by atoms with Gasteiger partial charge in [-0.05, 0) is 53.9 Å². The number of H-pyrrole nitrogens is 1. The summed E-state index contributed by atoms with van der Waals surface area (Å²) in [6, 6.07) is 21.9. The Bertz CT molecular complexity index is 1280. The molecule has 5 rings (SSSR count). The zero-order valence-corrected chi connectivity index (χ0v) is 18.5. The highest BCUT2D eigenvalue weighted by molar-refractivity contribution is 5.91. The highest BCUT2D eigenvalue weighted by Gasteiger charge is 2.17. The molecule has 0 atom stereocenters. The molecule has 0 spiro atoms. The minimum atomic E-state index is -0.00436. The van der Waals surface area contributed by atoms with Crippen LogP contribution in [0.25, 0.3) is 22.2 Å². The average Bonchev–Trinajstić information content (AvgIpc) is 3.24. The standard InChI is InChI=1S/C27H26N2O4/c1-31-20-11-9-18(10-12-20)26-22(21-6-2-3-7-23(21)29-26)13-14-25(30)28-17-19-5-4-8-24-27(19)33-16-15-32-24/h2-12,29H,13-17H2,1H3,(H,28,30). The Kier molecular flexibility index (Phi) is 5.89. The van der Waals surface area contributed by atoms with E-state index in [0.29, 0.717) is 32.6 Å². The number of aromatic nitrogens is 1. The molecule has 1 aromatic heterocycles. The first-order valence-corrected chi connectivity index (χ1v) is 11.1. The molecule has 1 aliphatic heterocycles. The Morgan fingerprint density at radius 1 is 1.00 bits per heavy atom. The third kappa shape index (κ3) is 4.37. The summed E-state index contributed by atoms with van der Waals surface area (Å²) in [6.07, 6.45) is 1.01. The van der Waals surface area contributed by atoms with E-state index in [-0.39, 0.29) is 5.91 Å². The number of aryl methyl sites for hydroxylation is 1. The number of nitrogens with one attached hydrogen (secondary N) is 2. The maximum atomic E-state index is 12.7. The van der Waals surface area contributed by atoms with Gasteiger partial charge in [0.2, 0.25) is 5.91 Å². The van der Waals surface area contributed by atoms with E-state index < -0.39 is 0 Å². The summed E-state index contributed by atoms with van der Waals surface area (Å²) < 4.78 is 16.7. The van der Waals surface area contributed by atoms with Crippen LogP contribution in [-0.4, -0.2) is 31.2 Å². The zero-order valence-electron chi connectivity index (χ0n) is 18.5. The number of hydrogen-bond acceptors (Lipinski definition) is 4.